The molecule has 0 fully saturated rings. The third-order valence-electron chi connectivity index (χ3n) is 2.02. The Morgan fingerprint density at radius 2 is 2.00 bits per heavy atom. The number of aryl methyl sites for hydroxylation is 1. The van der Waals surface area contributed by atoms with Crippen LogP contribution in [0.4, 0.5) is 16.3 Å². The van der Waals surface area contributed by atoms with E-state index in [0.717, 1.165) is 0 Å². The van der Waals surface area contributed by atoms with Gasteiger partial charge < -0.3 is 9.47 Å². The first-order valence-corrected chi connectivity index (χ1v) is 6.11. The predicted octanol–water partition coefficient (Wildman–Crippen LogP) is 2.93. The van der Waals surface area contributed by atoms with Crippen LogP contribution in [0.25, 0.3) is 0 Å². The Labute approximate surface area is 116 Å². The number of carbonyl (C=O) groups is 1. The molecule has 1 N–H and O–H groups in total. The maximum atomic E-state index is 11.7. The number of nitrogens with zero attached hydrogens (tertiary/aromatic N) is 3. The fourth-order valence-electron chi connectivity index (χ4n) is 1.33. The highest BCUT2D eigenvalue weighted by atomic mass is 16.6. The molecule has 0 saturated carbocycles. The Bertz CT molecular complexity index is 511. The second-order valence-corrected chi connectivity index (χ2v) is 4.94. The lowest BCUT2D eigenvalue weighted by Gasteiger charge is -2.19. The van der Waals surface area contributed by atoms with Gasteiger partial charge in [0.15, 0.2) is 11.5 Å². The number of amides is 1. The van der Waals surface area contributed by atoms with Gasteiger partial charge in [-0.1, -0.05) is 0 Å². The maximum absolute atomic E-state index is 11.7. The molecular formula is C12H18N4O4. The van der Waals surface area contributed by atoms with Gasteiger partial charge in [-0.05, 0) is 39.8 Å². The first-order chi connectivity index (χ1) is 9.26. The zero-order valence-corrected chi connectivity index (χ0v) is 12.2. The minimum Gasteiger partial charge on any atom is -0.464 e. The zero-order chi connectivity index (χ0) is 15.3. The molecule has 0 saturated heterocycles. The number of rotatable bonds is 4. The standard InChI is InChI=1S/C12H18N4O4/c1-6-19-10-13-7(2)8(16-18)9(14-10)15-11(17)20-12(3,4)5/h6H2,1-5H3,(H,13,14,15,17). The van der Waals surface area contributed by atoms with Gasteiger partial charge in [-0.25, -0.2) is 4.79 Å². The summed E-state index contributed by atoms with van der Waals surface area (Å²) in [6, 6.07) is 0.0588. The lowest BCUT2D eigenvalue weighted by Crippen LogP contribution is -2.27. The van der Waals surface area contributed by atoms with E-state index >= 15 is 0 Å². The highest BCUT2D eigenvalue weighted by Gasteiger charge is 2.20. The number of hydrogen-bond donors (Lipinski definition) is 1. The van der Waals surface area contributed by atoms with Gasteiger partial charge >= 0.3 is 12.1 Å². The second-order valence-electron chi connectivity index (χ2n) is 4.94. The van der Waals surface area contributed by atoms with E-state index < -0.39 is 11.7 Å². The fourth-order valence-corrected chi connectivity index (χ4v) is 1.33. The van der Waals surface area contributed by atoms with Crippen molar-refractivity contribution in [2.75, 3.05) is 11.9 Å². The van der Waals surface area contributed by atoms with Gasteiger partial charge in [-0.15, -0.1) is 4.91 Å². The van der Waals surface area contributed by atoms with E-state index in [1.807, 2.05) is 0 Å². The maximum Gasteiger partial charge on any atom is 0.413 e. The largest absolute Gasteiger partial charge is 0.464 e. The Balaban J connectivity index is 3.03. The van der Waals surface area contributed by atoms with E-state index in [2.05, 4.69) is 20.5 Å². The summed E-state index contributed by atoms with van der Waals surface area (Å²) in [5, 5.41) is 5.19. The second kappa shape index (κ2) is 6.27. The Morgan fingerprint density at radius 3 is 2.50 bits per heavy atom. The van der Waals surface area contributed by atoms with Crippen molar-refractivity contribution in [2.24, 2.45) is 5.18 Å². The molecule has 1 amide bonds. The average molecular weight is 282 g/mol. The van der Waals surface area contributed by atoms with Crippen molar-refractivity contribution in [1.82, 2.24) is 9.97 Å². The van der Waals surface area contributed by atoms with Gasteiger partial charge in [0.05, 0.1) is 12.3 Å². The molecule has 110 valence electrons. The van der Waals surface area contributed by atoms with Crippen LogP contribution in [-0.4, -0.2) is 28.3 Å². The highest BCUT2D eigenvalue weighted by molar-refractivity contribution is 5.87. The molecule has 0 aliphatic carbocycles. The van der Waals surface area contributed by atoms with Crippen LogP contribution >= 0.6 is 0 Å². The number of anilines is 1. The number of nitroso groups, excluding NO2 is 1. The topological polar surface area (TPSA) is 103 Å². The number of ether oxygens (including phenoxy) is 2. The molecule has 0 radical (unpaired) electrons. The van der Waals surface area contributed by atoms with Crippen LogP contribution in [0.15, 0.2) is 5.18 Å². The molecule has 20 heavy (non-hydrogen) atoms. The summed E-state index contributed by atoms with van der Waals surface area (Å²) in [7, 11) is 0. The van der Waals surface area contributed by atoms with E-state index in [1.54, 1.807) is 34.6 Å². The van der Waals surface area contributed by atoms with E-state index in [4.69, 9.17) is 9.47 Å². The first-order valence-electron chi connectivity index (χ1n) is 6.11. The monoisotopic (exact) mass is 282 g/mol. The van der Waals surface area contributed by atoms with Gasteiger partial charge in [-0.3, -0.25) is 5.32 Å². The summed E-state index contributed by atoms with van der Waals surface area (Å²) in [5.41, 5.74) is -0.409. The number of nitrogens with one attached hydrogen (secondary N) is 1. The van der Waals surface area contributed by atoms with Crippen molar-refractivity contribution >= 4 is 17.6 Å². The van der Waals surface area contributed by atoms with Crippen LogP contribution < -0.4 is 10.1 Å². The normalized spacial score (nSPS) is 10.8. The minimum absolute atomic E-state index is 0.0369. The molecule has 1 heterocycles. The SMILES string of the molecule is CCOc1nc(C)c(N=O)c(NC(=O)OC(C)(C)C)n1. The molecular weight excluding hydrogens is 264 g/mol. The van der Waals surface area contributed by atoms with Crippen LogP contribution in [0.5, 0.6) is 6.01 Å². The van der Waals surface area contributed by atoms with Gasteiger partial charge in [0, 0.05) is 0 Å². The molecule has 0 spiro atoms. The summed E-state index contributed by atoms with van der Waals surface area (Å²) in [4.78, 5) is 30.4. The fraction of sp³-hybridized carbons (Fsp3) is 0.583. The molecule has 1 rings (SSSR count). The smallest absolute Gasteiger partial charge is 0.413 e. The summed E-state index contributed by atoms with van der Waals surface area (Å²) in [6.45, 7) is 8.87. The van der Waals surface area contributed by atoms with Gasteiger partial charge in [0.25, 0.3) is 0 Å². The molecule has 0 bridgehead atoms. The van der Waals surface area contributed by atoms with Crippen molar-refractivity contribution in [3.05, 3.63) is 10.6 Å². The highest BCUT2D eigenvalue weighted by Crippen LogP contribution is 2.28. The molecule has 1 aromatic rings. The molecule has 8 nitrogen and oxygen atoms in total. The molecule has 0 atom stereocenters. The van der Waals surface area contributed by atoms with Gasteiger partial charge in [0.1, 0.15) is 5.60 Å². The van der Waals surface area contributed by atoms with Crippen LogP contribution in [0, 0.1) is 11.8 Å². The number of carbonyl (C=O) groups excluding carboxylic acids is 1. The summed E-state index contributed by atoms with van der Waals surface area (Å²) in [6.07, 6.45) is -0.733. The summed E-state index contributed by atoms with van der Waals surface area (Å²) >= 11 is 0. The predicted molar refractivity (Wildman–Crippen MR) is 73.2 cm³/mol. The molecule has 0 aliphatic rings. The van der Waals surface area contributed by atoms with Gasteiger partial charge in [-0.2, -0.15) is 9.97 Å². The van der Waals surface area contributed by atoms with Crippen molar-refractivity contribution in [2.45, 2.75) is 40.2 Å². The Morgan fingerprint density at radius 1 is 1.35 bits per heavy atom. The van der Waals surface area contributed by atoms with Crippen molar-refractivity contribution in [3.8, 4) is 6.01 Å². The van der Waals surface area contributed by atoms with Crippen LogP contribution in [0.2, 0.25) is 0 Å². The quantitative estimate of drug-likeness (QED) is 0.851. The molecule has 0 aromatic carbocycles. The third kappa shape index (κ3) is 4.45. The van der Waals surface area contributed by atoms with Crippen molar-refractivity contribution in [1.29, 1.82) is 0 Å². The number of hydrogen-bond acceptors (Lipinski definition) is 7. The zero-order valence-electron chi connectivity index (χ0n) is 12.2. The van der Waals surface area contributed by atoms with Crippen LogP contribution in [0.1, 0.15) is 33.4 Å². The van der Waals surface area contributed by atoms with Crippen molar-refractivity contribution < 1.29 is 14.3 Å². The Kier molecular flexibility index (Phi) is 4.95. The van der Waals surface area contributed by atoms with Gasteiger partial charge in [0.2, 0.25) is 0 Å². The minimum atomic E-state index is -0.733. The Hall–Kier alpha value is -2.25. The van der Waals surface area contributed by atoms with Crippen molar-refractivity contribution in [3.63, 3.8) is 0 Å². The molecule has 1 aromatic heterocycles. The summed E-state index contributed by atoms with van der Waals surface area (Å²) in [5.74, 6) is -0.0369. The van der Waals surface area contributed by atoms with E-state index in [9.17, 15) is 9.70 Å². The molecule has 0 aliphatic heterocycles. The third-order valence-corrected chi connectivity index (χ3v) is 2.02. The number of aromatic nitrogens is 2. The van der Waals surface area contributed by atoms with E-state index in [1.165, 1.54) is 0 Å². The van der Waals surface area contributed by atoms with E-state index in [-0.39, 0.29) is 17.5 Å². The van der Waals surface area contributed by atoms with Crippen LogP contribution in [0.3, 0.4) is 0 Å². The lowest BCUT2D eigenvalue weighted by atomic mass is 10.2. The molecule has 8 heteroatoms. The van der Waals surface area contributed by atoms with Crippen LogP contribution in [-0.2, 0) is 4.74 Å². The lowest BCUT2D eigenvalue weighted by molar-refractivity contribution is 0.0635. The average Bonchev–Trinajstić information content (AvgIpc) is 2.26. The van der Waals surface area contributed by atoms with E-state index in [0.29, 0.717) is 12.3 Å². The first kappa shape index (κ1) is 15.8. The summed E-state index contributed by atoms with van der Waals surface area (Å²) < 4.78 is 10.2. The molecule has 0 unspecified atom stereocenters.